The molecule has 0 atom stereocenters. The first-order valence-electron chi connectivity index (χ1n) is 9.57. The van der Waals surface area contributed by atoms with Gasteiger partial charge >= 0.3 is 0 Å². The van der Waals surface area contributed by atoms with Crippen LogP contribution >= 0.6 is 0 Å². The van der Waals surface area contributed by atoms with Crippen LogP contribution in [0, 0.1) is 0 Å². The molecule has 4 aromatic rings. The third kappa shape index (κ3) is 3.55. The Morgan fingerprint density at radius 2 is 1.20 bits per heavy atom. The standard InChI is InChI=1S/C22H20N4O4/c1-3-29-19-9-17-18(10-20(19)30-4-2)26-22(16-8-6-14(12-28)24-16)21(25-17)15-7-5-13(11-27)23-15/h5-12,23-24H,3-4H2,1-2H3. The summed E-state index contributed by atoms with van der Waals surface area (Å²) in [5.41, 5.74) is 4.45. The lowest BCUT2D eigenvalue weighted by atomic mass is 10.1. The van der Waals surface area contributed by atoms with Crippen LogP contribution in [-0.4, -0.2) is 45.7 Å². The van der Waals surface area contributed by atoms with Gasteiger partial charge in [-0.05, 0) is 38.1 Å². The number of nitrogens with zero attached hydrogens (tertiary/aromatic N) is 2. The van der Waals surface area contributed by atoms with Crippen molar-refractivity contribution in [2.24, 2.45) is 0 Å². The third-order valence-corrected chi connectivity index (χ3v) is 4.51. The van der Waals surface area contributed by atoms with E-state index in [9.17, 15) is 9.59 Å². The summed E-state index contributed by atoms with van der Waals surface area (Å²) in [6.45, 7) is 4.77. The van der Waals surface area contributed by atoms with Gasteiger partial charge in [-0.25, -0.2) is 9.97 Å². The molecule has 0 bridgehead atoms. The third-order valence-electron chi connectivity index (χ3n) is 4.51. The van der Waals surface area contributed by atoms with Crippen molar-refractivity contribution in [3.05, 3.63) is 47.8 Å². The number of aromatic amines is 2. The van der Waals surface area contributed by atoms with E-state index in [1.165, 1.54) is 0 Å². The Labute approximate surface area is 172 Å². The molecular weight excluding hydrogens is 384 g/mol. The molecule has 0 amide bonds. The molecule has 30 heavy (non-hydrogen) atoms. The van der Waals surface area contributed by atoms with E-state index >= 15 is 0 Å². The fourth-order valence-corrected chi connectivity index (χ4v) is 3.21. The van der Waals surface area contributed by atoms with Gasteiger partial charge in [0.15, 0.2) is 24.1 Å². The minimum absolute atomic E-state index is 0.430. The predicted octanol–water partition coefficient (Wildman–Crippen LogP) is 4.04. The summed E-state index contributed by atoms with van der Waals surface area (Å²) in [6, 6.07) is 10.5. The van der Waals surface area contributed by atoms with E-state index < -0.39 is 0 Å². The van der Waals surface area contributed by atoms with Crippen LogP contribution in [0.5, 0.6) is 11.5 Å². The molecule has 3 heterocycles. The highest BCUT2D eigenvalue weighted by molar-refractivity contribution is 5.88. The number of ether oxygens (including phenoxy) is 2. The fourth-order valence-electron chi connectivity index (χ4n) is 3.21. The van der Waals surface area contributed by atoms with Crippen LogP contribution in [0.3, 0.4) is 0 Å². The van der Waals surface area contributed by atoms with E-state index in [-0.39, 0.29) is 0 Å². The van der Waals surface area contributed by atoms with E-state index in [0.29, 0.717) is 69.9 Å². The summed E-state index contributed by atoms with van der Waals surface area (Å²) in [7, 11) is 0. The van der Waals surface area contributed by atoms with Crippen molar-refractivity contribution in [2.45, 2.75) is 13.8 Å². The van der Waals surface area contributed by atoms with Gasteiger partial charge in [0.2, 0.25) is 0 Å². The number of aromatic nitrogens is 4. The van der Waals surface area contributed by atoms with Crippen LogP contribution in [0.25, 0.3) is 33.8 Å². The van der Waals surface area contributed by atoms with Crippen molar-refractivity contribution in [1.29, 1.82) is 0 Å². The number of hydrogen-bond acceptors (Lipinski definition) is 6. The Morgan fingerprint density at radius 3 is 1.53 bits per heavy atom. The van der Waals surface area contributed by atoms with Crippen LogP contribution in [0.15, 0.2) is 36.4 Å². The largest absolute Gasteiger partial charge is 0.490 e. The predicted molar refractivity (Wildman–Crippen MR) is 112 cm³/mol. The lowest BCUT2D eigenvalue weighted by molar-refractivity contribution is 0.111. The zero-order chi connectivity index (χ0) is 21.1. The molecule has 0 aliphatic rings. The first-order chi connectivity index (χ1) is 14.7. The highest BCUT2D eigenvalue weighted by atomic mass is 16.5. The molecule has 0 unspecified atom stereocenters. The summed E-state index contributed by atoms with van der Waals surface area (Å²) in [6.07, 6.45) is 1.47. The second kappa shape index (κ2) is 8.20. The van der Waals surface area contributed by atoms with Gasteiger partial charge < -0.3 is 19.4 Å². The van der Waals surface area contributed by atoms with E-state index in [1.807, 2.05) is 13.8 Å². The molecule has 0 aliphatic heterocycles. The zero-order valence-electron chi connectivity index (χ0n) is 16.6. The number of H-pyrrole nitrogens is 2. The van der Waals surface area contributed by atoms with Crippen LogP contribution in [-0.2, 0) is 0 Å². The first kappa shape index (κ1) is 19.4. The smallest absolute Gasteiger partial charge is 0.166 e. The zero-order valence-corrected chi connectivity index (χ0v) is 16.6. The second-order valence-electron chi connectivity index (χ2n) is 6.46. The maximum Gasteiger partial charge on any atom is 0.166 e. The summed E-state index contributed by atoms with van der Waals surface area (Å²) >= 11 is 0. The maximum absolute atomic E-state index is 11.1. The van der Waals surface area contributed by atoms with Crippen LogP contribution in [0.4, 0.5) is 0 Å². The van der Waals surface area contributed by atoms with Gasteiger partial charge in [0, 0.05) is 12.1 Å². The average Bonchev–Trinajstić information content (AvgIpc) is 3.43. The Bertz CT molecular complexity index is 1130. The van der Waals surface area contributed by atoms with Gasteiger partial charge in [-0.15, -0.1) is 0 Å². The van der Waals surface area contributed by atoms with Gasteiger partial charge in [-0.3, -0.25) is 9.59 Å². The molecule has 3 aromatic heterocycles. The highest BCUT2D eigenvalue weighted by Crippen LogP contribution is 2.35. The molecule has 8 heteroatoms. The number of benzene rings is 1. The Hall–Kier alpha value is -3.94. The van der Waals surface area contributed by atoms with Gasteiger partial charge in [0.1, 0.15) is 11.4 Å². The summed E-state index contributed by atoms with van der Waals surface area (Å²) in [5, 5.41) is 0. The first-order valence-corrected chi connectivity index (χ1v) is 9.57. The molecule has 0 spiro atoms. The van der Waals surface area contributed by atoms with Crippen molar-refractivity contribution in [3.8, 4) is 34.3 Å². The molecule has 0 fully saturated rings. The lowest BCUT2D eigenvalue weighted by Gasteiger charge is -2.13. The molecule has 8 nitrogen and oxygen atoms in total. The fraction of sp³-hybridized carbons (Fsp3) is 0.182. The maximum atomic E-state index is 11.1. The van der Waals surface area contributed by atoms with E-state index in [0.717, 1.165) is 12.6 Å². The number of carbonyl (C=O) groups is 2. The number of nitrogens with one attached hydrogen (secondary N) is 2. The summed E-state index contributed by atoms with van der Waals surface area (Å²) < 4.78 is 11.4. The van der Waals surface area contributed by atoms with E-state index in [1.54, 1.807) is 36.4 Å². The minimum atomic E-state index is 0.430. The SMILES string of the molecule is CCOc1cc2nc(-c3ccc(C=O)[nH]3)c(-c3ccc(C=O)[nH]3)nc2cc1OCC. The van der Waals surface area contributed by atoms with Gasteiger partial charge in [-0.2, -0.15) is 0 Å². The quantitative estimate of drug-likeness (QED) is 0.429. The van der Waals surface area contributed by atoms with Crippen LogP contribution in [0.2, 0.25) is 0 Å². The van der Waals surface area contributed by atoms with Crippen LogP contribution < -0.4 is 9.47 Å². The average molecular weight is 404 g/mol. The number of aldehydes is 2. The Kier molecular flexibility index (Phi) is 5.30. The van der Waals surface area contributed by atoms with Crippen molar-refractivity contribution in [2.75, 3.05) is 13.2 Å². The molecule has 152 valence electrons. The summed E-state index contributed by atoms with van der Waals surface area (Å²) in [5.74, 6) is 1.17. The van der Waals surface area contributed by atoms with Crippen molar-refractivity contribution in [3.63, 3.8) is 0 Å². The monoisotopic (exact) mass is 404 g/mol. The lowest BCUT2D eigenvalue weighted by Crippen LogP contribution is -2.01. The number of carbonyl (C=O) groups excluding carboxylic acids is 2. The number of rotatable bonds is 8. The highest BCUT2D eigenvalue weighted by Gasteiger charge is 2.18. The van der Waals surface area contributed by atoms with Crippen molar-refractivity contribution >= 4 is 23.6 Å². The molecule has 2 N–H and O–H groups in total. The number of fused-ring (bicyclic) bond motifs is 1. The molecule has 4 rings (SSSR count). The molecule has 1 aromatic carbocycles. The molecule has 0 radical (unpaired) electrons. The summed E-state index contributed by atoms with van der Waals surface area (Å²) in [4.78, 5) is 37.9. The van der Waals surface area contributed by atoms with E-state index in [2.05, 4.69) is 9.97 Å². The van der Waals surface area contributed by atoms with E-state index in [4.69, 9.17) is 19.4 Å². The molecule has 0 aliphatic carbocycles. The van der Waals surface area contributed by atoms with Gasteiger partial charge in [0.25, 0.3) is 0 Å². The van der Waals surface area contributed by atoms with Gasteiger partial charge in [-0.1, -0.05) is 0 Å². The second-order valence-corrected chi connectivity index (χ2v) is 6.46. The van der Waals surface area contributed by atoms with Crippen molar-refractivity contribution in [1.82, 2.24) is 19.9 Å². The Balaban J connectivity index is 1.97. The number of hydrogen-bond donors (Lipinski definition) is 2. The topological polar surface area (TPSA) is 110 Å². The molecule has 0 saturated carbocycles. The molecule has 0 saturated heterocycles. The van der Waals surface area contributed by atoms with Gasteiger partial charge in [0.05, 0.1) is 47.0 Å². The Morgan fingerprint density at radius 1 is 0.767 bits per heavy atom. The minimum Gasteiger partial charge on any atom is -0.490 e. The normalized spacial score (nSPS) is 10.9. The molecular formula is C22H20N4O4. The van der Waals surface area contributed by atoms with Crippen molar-refractivity contribution < 1.29 is 19.1 Å². The van der Waals surface area contributed by atoms with Crippen LogP contribution in [0.1, 0.15) is 34.8 Å².